The molecule has 2 aliphatic heterocycles. The van der Waals surface area contributed by atoms with E-state index in [9.17, 15) is 19.5 Å². The molecular formula is C27H30N2O7. The van der Waals surface area contributed by atoms with E-state index in [2.05, 4.69) is 4.90 Å². The minimum absolute atomic E-state index is 0.00504. The van der Waals surface area contributed by atoms with Gasteiger partial charge in [0, 0.05) is 31.7 Å². The van der Waals surface area contributed by atoms with E-state index in [1.165, 1.54) is 19.1 Å². The lowest BCUT2D eigenvalue weighted by Gasteiger charge is -2.29. The molecule has 9 nitrogen and oxygen atoms in total. The number of methoxy groups -OCH3 is 2. The third-order valence-electron chi connectivity index (χ3n) is 6.51. The van der Waals surface area contributed by atoms with E-state index in [1.54, 1.807) is 48.5 Å². The molecule has 2 aromatic carbocycles. The van der Waals surface area contributed by atoms with Gasteiger partial charge in [-0.05, 0) is 36.2 Å². The Morgan fingerprint density at radius 3 is 2.42 bits per heavy atom. The van der Waals surface area contributed by atoms with E-state index in [-0.39, 0.29) is 11.3 Å². The number of ether oxygens (including phenoxy) is 3. The number of aliphatic hydroxyl groups excluding tert-OH is 1. The monoisotopic (exact) mass is 494 g/mol. The molecule has 0 saturated carbocycles. The molecule has 0 bridgehead atoms. The molecule has 1 atom stereocenters. The van der Waals surface area contributed by atoms with Gasteiger partial charge in [-0.15, -0.1) is 0 Å². The van der Waals surface area contributed by atoms with E-state index >= 15 is 0 Å². The maximum Gasteiger partial charge on any atom is 0.337 e. The summed E-state index contributed by atoms with van der Waals surface area (Å²) in [6.45, 7) is 4.10. The number of esters is 1. The van der Waals surface area contributed by atoms with Crippen LogP contribution >= 0.6 is 0 Å². The van der Waals surface area contributed by atoms with Crippen LogP contribution in [-0.2, 0) is 19.1 Å². The van der Waals surface area contributed by atoms with Gasteiger partial charge in [-0.2, -0.15) is 0 Å². The Balaban J connectivity index is 1.69. The van der Waals surface area contributed by atoms with Gasteiger partial charge in [0.15, 0.2) is 0 Å². The molecule has 2 heterocycles. The lowest BCUT2D eigenvalue weighted by molar-refractivity contribution is -0.140. The molecule has 0 aromatic heterocycles. The lowest BCUT2D eigenvalue weighted by atomic mass is 9.94. The van der Waals surface area contributed by atoms with Gasteiger partial charge in [-0.1, -0.05) is 24.3 Å². The Hall–Kier alpha value is -3.69. The average Bonchev–Trinajstić information content (AvgIpc) is 3.18. The SMILES string of the molecule is COC(=O)c1ccc([C@H]2/C(=C(\O)c3cccc(OC)c3)C(=O)C(=O)N2CCCN2CCOCC2)cc1. The number of aliphatic hydroxyl groups is 1. The second-order valence-electron chi connectivity index (χ2n) is 8.65. The van der Waals surface area contributed by atoms with Crippen LogP contribution in [0, 0.1) is 0 Å². The first-order valence-corrected chi connectivity index (χ1v) is 11.9. The predicted octanol–water partition coefficient (Wildman–Crippen LogP) is 2.63. The van der Waals surface area contributed by atoms with Crippen molar-refractivity contribution in [3.63, 3.8) is 0 Å². The topological polar surface area (TPSA) is 106 Å². The van der Waals surface area contributed by atoms with Gasteiger partial charge in [-0.3, -0.25) is 14.5 Å². The number of likely N-dealkylation sites (tertiary alicyclic amines) is 1. The van der Waals surface area contributed by atoms with Crippen LogP contribution in [0.15, 0.2) is 54.1 Å². The number of ketones is 1. The van der Waals surface area contributed by atoms with Crippen molar-refractivity contribution in [2.45, 2.75) is 12.5 Å². The Morgan fingerprint density at radius 2 is 1.75 bits per heavy atom. The minimum Gasteiger partial charge on any atom is -0.507 e. The largest absolute Gasteiger partial charge is 0.507 e. The summed E-state index contributed by atoms with van der Waals surface area (Å²) in [7, 11) is 2.81. The number of carbonyl (C=O) groups is 3. The van der Waals surface area contributed by atoms with Crippen molar-refractivity contribution >= 4 is 23.4 Å². The average molecular weight is 495 g/mol. The van der Waals surface area contributed by atoms with E-state index in [4.69, 9.17) is 14.2 Å². The Bertz CT molecular complexity index is 1150. The van der Waals surface area contributed by atoms with Crippen LogP contribution in [0.25, 0.3) is 5.76 Å². The van der Waals surface area contributed by atoms with Crippen molar-refractivity contribution in [1.82, 2.24) is 9.80 Å². The van der Waals surface area contributed by atoms with Gasteiger partial charge >= 0.3 is 5.97 Å². The summed E-state index contributed by atoms with van der Waals surface area (Å²) < 4.78 is 15.4. The van der Waals surface area contributed by atoms with Crippen LogP contribution in [-0.4, -0.2) is 86.2 Å². The highest BCUT2D eigenvalue weighted by Gasteiger charge is 2.45. The standard InChI is InChI=1S/C27H30N2O7/c1-34-21-6-3-5-20(17-21)24(30)22-23(18-7-9-19(10-8-18)27(33)35-2)29(26(32)25(22)31)12-4-11-28-13-15-36-16-14-28/h3,5-10,17,23,30H,4,11-16H2,1-2H3/b24-22+/t23-/m0/s1. The predicted molar refractivity (Wildman–Crippen MR) is 132 cm³/mol. The van der Waals surface area contributed by atoms with Crippen LogP contribution in [0.5, 0.6) is 5.75 Å². The highest BCUT2D eigenvalue weighted by molar-refractivity contribution is 6.46. The van der Waals surface area contributed by atoms with Gasteiger partial charge < -0.3 is 24.2 Å². The number of morpholine rings is 1. The zero-order valence-electron chi connectivity index (χ0n) is 20.4. The number of Topliss-reactive ketones (excluding diaryl/α,β-unsaturated/α-hetero) is 1. The Morgan fingerprint density at radius 1 is 1.03 bits per heavy atom. The van der Waals surface area contributed by atoms with Crippen molar-refractivity contribution in [3.8, 4) is 5.75 Å². The molecule has 1 N–H and O–H groups in total. The maximum absolute atomic E-state index is 13.2. The zero-order valence-corrected chi connectivity index (χ0v) is 20.4. The van der Waals surface area contributed by atoms with E-state index in [0.717, 1.165) is 19.6 Å². The molecule has 2 aromatic rings. The normalized spacial score (nSPS) is 19.9. The third-order valence-corrected chi connectivity index (χ3v) is 6.51. The van der Waals surface area contributed by atoms with Crippen LogP contribution in [0.1, 0.15) is 33.9 Å². The molecule has 0 unspecified atom stereocenters. The molecule has 36 heavy (non-hydrogen) atoms. The maximum atomic E-state index is 13.2. The molecule has 0 spiro atoms. The van der Waals surface area contributed by atoms with E-state index in [0.29, 0.717) is 48.6 Å². The van der Waals surface area contributed by atoms with E-state index < -0.39 is 23.7 Å². The molecule has 9 heteroatoms. The summed E-state index contributed by atoms with van der Waals surface area (Å²) in [4.78, 5) is 42.0. The van der Waals surface area contributed by atoms with Gasteiger partial charge in [0.05, 0.1) is 44.6 Å². The van der Waals surface area contributed by atoms with Crippen molar-refractivity contribution in [1.29, 1.82) is 0 Å². The number of nitrogens with zero attached hydrogens (tertiary/aromatic N) is 2. The first-order valence-electron chi connectivity index (χ1n) is 11.9. The van der Waals surface area contributed by atoms with Crippen LogP contribution < -0.4 is 4.74 Å². The first-order chi connectivity index (χ1) is 17.4. The number of hydrogen-bond donors (Lipinski definition) is 1. The Kier molecular flexibility index (Phi) is 8.02. The van der Waals surface area contributed by atoms with Gasteiger partial charge in [0.25, 0.3) is 11.7 Å². The number of rotatable bonds is 8. The molecule has 0 radical (unpaired) electrons. The second-order valence-corrected chi connectivity index (χ2v) is 8.65. The minimum atomic E-state index is -0.799. The van der Waals surface area contributed by atoms with E-state index in [1.807, 2.05) is 0 Å². The summed E-state index contributed by atoms with van der Waals surface area (Å²) in [5, 5.41) is 11.2. The second kappa shape index (κ2) is 11.4. The fourth-order valence-electron chi connectivity index (χ4n) is 4.59. The molecule has 190 valence electrons. The van der Waals surface area contributed by atoms with Crippen LogP contribution in [0.4, 0.5) is 0 Å². The molecule has 1 amide bonds. The number of hydrogen-bond acceptors (Lipinski definition) is 8. The summed E-state index contributed by atoms with van der Waals surface area (Å²) in [5.41, 5.74) is 1.33. The Labute approximate surface area is 209 Å². The third kappa shape index (κ3) is 5.27. The quantitative estimate of drug-likeness (QED) is 0.258. The molecular weight excluding hydrogens is 464 g/mol. The van der Waals surface area contributed by atoms with Gasteiger partial charge in [0.1, 0.15) is 11.5 Å². The van der Waals surface area contributed by atoms with Gasteiger partial charge in [-0.25, -0.2) is 4.79 Å². The summed E-state index contributed by atoms with van der Waals surface area (Å²) in [6, 6.07) is 12.4. The molecule has 4 rings (SSSR count). The van der Waals surface area contributed by atoms with Crippen LogP contribution in [0.3, 0.4) is 0 Å². The smallest absolute Gasteiger partial charge is 0.337 e. The molecule has 2 aliphatic rings. The van der Waals surface area contributed by atoms with Crippen molar-refractivity contribution in [2.24, 2.45) is 0 Å². The molecule has 2 saturated heterocycles. The molecule has 2 fully saturated rings. The fourth-order valence-corrected chi connectivity index (χ4v) is 4.59. The highest BCUT2D eigenvalue weighted by Crippen LogP contribution is 2.40. The zero-order chi connectivity index (χ0) is 25.7. The summed E-state index contributed by atoms with van der Waals surface area (Å²) in [5.74, 6) is -1.66. The van der Waals surface area contributed by atoms with Crippen molar-refractivity contribution in [3.05, 3.63) is 70.8 Å². The number of amides is 1. The fraction of sp³-hybridized carbons (Fsp3) is 0.370. The lowest BCUT2D eigenvalue weighted by Crippen LogP contribution is -2.39. The number of carbonyl (C=O) groups excluding carboxylic acids is 3. The van der Waals surface area contributed by atoms with Gasteiger partial charge in [0.2, 0.25) is 0 Å². The first kappa shape index (κ1) is 25.4. The van der Waals surface area contributed by atoms with Crippen molar-refractivity contribution < 1.29 is 33.7 Å². The summed E-state index contributed by atoms with van der Waals surface area (Å²) in [6.07, 6.45) is 0.656. The van der Waals surface area contributed by atoms with Crippen molar-refractivity contribution in [2.75, 3.05) is 53.6 Å². The van der Waals surface area contributed by atoms with Crippen LogP contribution in [0.2, 0.25) is 0 Å². The highest BCUT2D eigenvalue weighted by atomic mass is 16.5. The molecule has 0 aliphatic carbocycles. The summed E-state index contributed by atoms with van der Waals surface area (Å²) >= 11 is 0. The number of benzene rings is 2.